The van der Waals surface area contributed by atoms with Crippen LogP contribution in [-0.2, 0) is 0 Å². The molecule has 0 radical (unpaired) electrons. The lowest BCUT2D eigenvalue weighted by atomic mass is 10.3. The van der Waals surface area contributed by atoms with Crippen LogP contribution in [0.25, 0.3) is 0 Å². The van der Waals surface area contributed by atoms with E-state index >= 15 is 0 Å². The maximum Gasteiger partial charge on any atom is 0.119 e. The second kappa shape index (κ2) is 8.25. The van der Waals surface area contributed by atoms with Gasteiger partial charge in [-0.3, -0.25) is 0 Å². The topological polar surface area (TPSA) is 30.5 Å². The molecule has 1 aromatic rings. The lowest BCUT2D eigenvalue weighted by Gasteiger charge is -2.13. The molecule has 0 spiro atoms. The van der Waals surface area contributed by atoms with Crippen LogP contribution >= 0.6 is 11.8 Å². The summed E-state index contributed by atoms with van der Waals surface area (Å²) >= 11 is 1.85. The predicted octanol–water partition coefficient (Wildman–Crippen LogP) is 2.42. The first-order chi connectivity index (χ1) is 8.26. The SMILES string of the molecule is COc1ccc(OCCNC(C)CSC)cc1. The molecule has 0 fully saturated rings. The maximum atomic E-state index is 5.61. The minimum atomic E-state index is 0.532. The highest BCUT2D eigenvalue weighted by Gasteiger charge is 1.99. The normalized spacial score (nSPS) is 12.2. The van der Waals surface area contributed by atoms with E-state index in [2.05, 4.69) is 18.5 Å². The Bertz CT molecular complexity index is 303. The van der Waals surface area contributed by atoms with Crippen LogP contribution in [0, 0.1) is 0 Å². The third-order valence-electron chi connectivity index (χ3n) is 2.34. The van der Waals surface area contributed by atoms with Crippen molar-refractivity contribution in [3.8, 4) is 11.5 Å². The van der Waals surface area contributed by atoms with Gasteiger partial charge in [-0.1, -0.05) is 0 Å². The van der Waals surface area contributed by atoms with Crippen molar-refractivity contribution in [1.29, 1.82) is 0 Å². The molecule has 1 aromatic carbocycles. The largest absolute Gasteiger partial charge is 0.497 e. The van der Waals surface area contributed by atoms with Crippen LogP contribution < -0.4 is 14.8 Å². The molecule has 0 aromatic heterocycles. The number of ether oxygens (including phenoxy) is 2. The van der Waals surface area contributed by atoms with Gasteiger partial charge in [0.05, 0.1) is 7.11 Å². The molecule has 0 aliphatic heterocycles. The highest BCUT2D eigenvalue weighted by atomic mass is 32.2. The quantitative estimate of drug-likeness (QED) is 0.723. The van der Waals surface area contributed by atoms with E-state index in [9.17, 15) is 0 Å². The van der Waals surface area contributed by atoms with Gasteiger partial charge in [0.25, 0.3) is 0 Å². The van der Waals surface area contributed by atoms with E-state index in [1.165, 1.54) is 0 Å². The van der Waals surface area contributed by atoms with E-state index in [4.69, 9.17) is 9.47 Å². The fourth-order valence-electron chi connectivity index (χ4n) is 1.46. The zero-order valence-electron chi connectivity index (χ0n) is 10.7. The van der Waals surface area contributed by atoms with E-state index in [0.717, 1.165) is 23.8 Å². The van der Waals surface area contributed by atoms with E-state index in [1.807, 2.05) is 36.0 Å². The Morgan fingerprint density at radius 3 is 2.47 bits per heavy atom. The lowest BCUT2D eigenvalue weighted by Crippen LogP contribution is -2.31. The average Bonchev–Trinajstić information content (AvgIpc) is 2.36. The van der Waals surface area contributed by atoms with Gasteiger partial charge >= 0.3 is 0 Å². The molecule has 1 rings (SSSR count). The molecule has 0 heterocycles. The summed E-state index contributed by atoms with van der Waals surface area (Å²) in [7, 11) is 1.66. The Morgan fingerprint density at radius 2 is 1.88 bits per heavy atom. The summed E-state index contributed by atoms with van der Waals surface area (Å²) in [5.74, 6) is 2.86. The lowest BCUT2D eigenvalue weighted by molar-refractivity contribution is 0.308. The van der Waals surface area contributed by atoms with Crippen molar-refractivity contribution in [2.75, 3.05) is 32.3 Å². The minimum absolute atomic E-state index is 0.532. The standard InChI is InChI=1S/C13H21NO2S/c1-11(10-17-3)14-8-9-16-13-6-4-12(15-2)5-7-13/h4-7,11,14H,8-10H2,1-3H3. The third kappa shape index (κ3) is 5.84. The van der Waals surface area contributed by atoms with Crippen LogP contribution in [0.15, 0.2) is 24.3 Å². The van der Waals surface area contributed by atoms with Gasteiger partial charge in [0.2, 0.25) is 0 Å². The molecule has 0 bridgehead atoms. The van der Waals surface area contributed by atoms with Gasteiger partial charge in [0.15, 0.2) is 0 Å². The van der Waals surface area contributed by atoms with Gasteiger partial charge in [-0.2, -0.15) is 11.8 Å². The molecular weight excluding hydrogens is 234 g/mol. The van der Waals surface area contributed by atoms with E-state index in [-0.39, 0.29) is 0 Å². The van der Waals surface area contributed by atoms with Crippen molar-refractivity contribution in [3.05, 3.63) is 24.3 Å². The van der Waals surface area contributed by atoms with Crippen LogP contribution in [0.4, 0.5) is 0 Å². The summed E-state index contributed by atoms with van der Waals surface area (Å²) in [6.45, 7) is 3.74. The Morgan fingerprint density at radius 1 is 1.24 bits per heavy atom. The van der Waals surface area contributed by atoms with Crippen LogP contribution in [0.2, 0.25) is 0 Å². The van der Waals surface area contributed by atoms with E-state index in [1.54, 1.807) is 7.11 Å². The van der Waals surface area contributed by atoms with Gasteiger partial charge in [-0.15, -0.1) is 0 Å². The number of rotatable bonds is 8. The van der Waals surface area contributed by atoms with Gasteiger partial charge in [0, 0.05) is 18.3 Å². The molecule has 1 atom stereocenters. The molecule has 17 heavy (non-hydrogen) atoms. The number of methoxy groups -OCH3 is 1. The summed E-state index contributed by atoms with van der Waals surface area (Å²) in [6.07, 6.45) is 2.12. The Kier molecular flexibility index (Phi) is 6.89. The fraction of sp³-hybridized carbons (Fsp3) is 0.538. The Balaban J connectivity index is 2.17. The maximum absolute atomic E-state index is 5.61. The number of thioether (sulfide) groups is 1. The van der Waals surface area contributed by atoms with Gasteiger partial charge in [-0.25, -0.2) is 0 Å². The number of hydrogen-bond acceptors (Lipinski definition) is 4. The molecule has 0 aliphatic carbocycles. The predicted molar refractivity (Wildman–Crippen MR) is 74.3 cm³/mol. The summed E-state index contributed by atoms with van der Waals surface area (Å²) in [5, 5.41) is 3.41. The summed E-state index contributed by atoms with van der Waals surface area (Å²) in [4.78, 5) is 0. The molecule has 4 heteroatoms. The van der Waals surface area contributed by atoms with Gasteiger partial charge in [0.1, 0.15) is 18.1 Å². The van der Waals surface area contributed by atoms with Gasteiger partial charge < -0.3 is 14.8 Å². The summed E-state index contributed by atoms with van der Waals surface area (Å²) in [5.41, 5.74) is 0. The second-order valence-corrected chi connectivity index (χ2v) is 4.75. The average molecular weight is 255 g/mol. The first-order valence-electron chi connectivity index (χ1n) is 5.75. The van der Waals surface area contributed by atoms with Crippen molar-refractivity contribution in [2.45, 2.75) is 13.0 Å². The number of nitrogens with one attached hydrogen (secondary N) is 1. The molecule has 0 aliphatic rings. The molecule has 0 amide bonds. The zero-order valence-corrected chi connectivity index (χ0v) is 11.5. The monoisotopic (exact) mass is 255 g/mol. The molecule has 1 unspecified atom stereocenters. The smallest absolute Gasteiger partial charge is 0.119 e. The summed E-state index contributed by atoms with van der Waals surface area (Å²) in [6, 6.07) is 8.18. The highest BCUT2D eigenvalue weighted by Crippen LogP contribution is 2.16. The molecular formula is C13H21NO2S. The van der Waals surface area contributed by atoms with Crippen molar-refractivity contribution in [1.82, 2.24) is 5.32 Å². The van der Waals surface area contributed by atoms with Gasteiger partial charge in [-0.05, 0) is 37.4 Å². The zero-order chi connectivity index (χ0) is 12.5. The Hall–Kier alpha value is -0.870. The van der Waals surface area contributed by atoms with Crippen LogP contribution in [-0.4, -0.2) is 38.3 Å². The highest BCUT2D eigenvalue weighted by molar-refractivity contribution is 7.98. The molecule has 1 N–H and O–H groups in total. The molecule has 0 saturated heterocycles. The third-order valence-corrected chi connectivity index (χ3v) is 3.17. The van der Waals surface area contributed by atoms with Crippen LogP contribution in [0.3, 0.4) is 0 Å². The van der Waals surface area contributed by atoms with E-state index in [0.29, 0.717) is 12.6 Å². The van der Waals surface area contributed by atoms with Crippen molar-refractivity contribution < 1.29 is 9.47 Å². The van der Waals surface area contributed by atoms with Crippen molar-refractivity contribution >= 4 is 11.8 Å². The Labute approximate surface area is 108 Å². The first kappa shape index (κ1) is 14.2. The van der Waals surface area contributed by atoms with E-state index < -0.39 is 0 Å². The van der Waals surface area contributed by atoms with Crippen molar-refractivity contribution in [2.24, 2.45) is 0 Å². The molecule has 96 valence electrons. The van der Waals surface area contributed by atoms with Crippen LogP contribution in [0.5, 0.6) is 11.5 Å². The first-order valence-corrected chi connectivity index (χ1v) is 7.15. The molecule has 0 saturated carbocycles. The van der Waals surface area contributed by atoms with Crippen LogP contribution in [0.1, 0.15) is 6.92 Å². The fourth-order valence-corrected chi connectivity index (χ4v) is 2.07. The second-order valence-electron chi connectivity index (χ2n) is 3.83. The molecule has 3 nitrogen and oxygen atoms in total. The minimum Gasteiger partial charge on any atom is -0.497 e. The number of hydrogen-bond donors (Lipinski definition) is 1. The van der Waals surface area contributed by atoms with Crippen molar-refractivity contribution in [3.63, 3.8) is 0 Å². The number of benzene rings is 1. The summed E-state index contributed by atoms with van der Waals surface area (Å²) < 4.78 is 10.7.